The lowest BCUT2D eigenvalue weighted by molar-refractivity contribution is 0.0926. The van der Waals surface area contributed by atoms with Crippen molar-refractivity contribution < 1.29 is 18.8 Å². The van der Waals surface area contributed by atoms with Crippen LogP contribution >= 0.6 is 0 Å². The van der Waals surface area contributed by atoms with E-state index in [-0.39, 0.29) is 17.6 Å². The molecule has 2 aromatic carbocycles. The lowest BCUT2D eigenvalue weighted by atomic mass is 10.0. The van der Waals surface area contributed by atoms with Gasteiger partial charge in [0.2, 0.25) is 0 Å². The number of hydrogen-bond donors (Lipinski definition) is 1. The summed E-state index contributed by atoms with van der Waals surface area (Å²) >= 11 is 0. The van der Waals surface area contributed by atoms with Gasteiger partial charge in [-0.2, -0.15) is 0 Å². The number of fused-ring (bicyclic) bond motifs is 1. The molecule has 0 unspecified atom stereocenters. The quantitative estimate of drug-likeness (QED) is 0.594. The molecule has 1 aliphatic rings. The predicted molar refractivity (Wildman–Crippen MR) is 117 cm³/mol. The molecule has 7 heteroatoms. The normalized spacial score (nSPS) is 13.8. The van der Waals surface area contributed by atoms with Crippen molar-refractivity contribution in [2.75, 3.05) is 32.8 Å². The average Bonchev–Trinajstić information content (AvgIpc) is 3.32. The molecule has 7 nitrogen and oxygen atoms in total. The highest BCUT2D eigenvalue weighted by Crippen LogP contribution is 2.34. The molecular weight excluding hydrogens is 394 g/mol. The van der Waals surface area contributed by atoms with Crippen LogP contribution in [0.3, 0.4) is 0 Å². The minimum absolute atomic E-state index is 0.0873. The minimum Gasteiger partial charge on any atom is -0.486 e. The SMILES string of the molecule is CCN(CC)[C@@H](CNC(=O)c1cc(-c2ccc3c(c2)OCCO3)on1)c1ccccc1. The molecule has 1 aromatic heterocycles. The topological polar surface area (TPSA) is 76.8 Å². The molecule has 0 saturated heterocycles. The second-order valence-electron chi connectivity index (χ2n) is 7.29. The van der Waals surface area contributed by atoms with E-state index in [0.29, 0.717) is 37.0 Å². The standard InChI is InChI=1S/C24H27N3O4/c1-3-27(4-2)20(17-8-6-5-7-9-17)16-25-24(28)19-15-22(31-26-19)18-10-11-21-23(14-18)30-13-12-29-21/h5-11,14-15,20H,3-4,12-13,16H2,1-2H3,(H,25,28)/t20-/m0/s1. The first-order chi connectivity index (χ1) is 15.2. The number of nitrogens with zero attached hydrogens (tertiary/aromatic N) is 2. The Hall–Kier alpha value is -3.32. The van der Waals surface area contributed by atoms with Gasteiger partial charge < -0.3 is 19.3 Å². The maximum atomic E-state index is 12.8. The van der Waals surface area contributed by atoms with Crippen molar-refractivity contribution in [3.05, 3.63) is 65.9 Å². The molecule has 1 N–H and O–H groups in total. The largest absolute Gasteiger partial charge is 0.486 e. The van der Waals surface area contributed by atoms with E-state index in [1.54, 1.807) is 6.07 Å². The van der Waals surface area contributed by atoms with E-state index in [4.69, 9.17) is 14.0 Å². The van der Waals surface area contributed by atoms with Crippen LogP contribution in [0.1, 0.15) is 35.9 Å². The van der Waals surface area contributed by atoms with Crippen molar-refractivity contribution in [2.45, 2.75) is 19.9 Å². The Morgan fingerprint density at radius 2 is 1.77 bits per heavy atom. The smallest absolute Gasteiger partial charge is 0.273 e. The third kappa shape index (κ3) is 4.72. The zero-order chi connectivity index (χ0) is 21.6. The number of rotatable bonds is 8. The van der Waals surface area contributed by atoms with Crippen LogP contribution in [0.4, 0.5) is 0 Å². The van der Waals surface area contributed by atoms with Crippen molar-refractivity contribution in [3.63, 3.8) is 0 Å². The fourth-order valence-electron chi connectivity index (χ4n) is 3.79. The summed E-state index contributed by atoms with van der Waals surface area (Å²) in [5.74, 6) is 1.61. The summed E-state index contributed by atoms with van der Waals surface area (Å²) in [7, 11) is 0. The number of carbonyl (C=O) groups excluding carboxylic acids is 1. The lowest BCUT2D eigenvalue weighted by Crippen LogP contribution is -2.38. The number of aromatic nitrogens is 1. The summed E-state index contributed by atoms with van der Waals surface area (Å²) in [5.41, 5.74) is 2.20. The average molecular weight is 421 g/mol. The maximum absolute atomic E-state index is 12.8. The van der Waals surface area contributed by atoms with Crippen molar-refractivity contribution in [1.29, 1.82) is 0 Å². The Labute approximate surface area is 181 Å². The summed E-state index contributed by atoms with van der Waals surface area (Å²) in [6.45, 7) is 7.56. The molecule has 1 aliphatic heterocycles. The fourth-order valence-corrected chi connectivity index (χ4v) is 3.79. The van der Waals surface area contributed by atoms with Crippen LogP contribution in [0.2, 0.25) is 0 Å². The highest BCUT2D eigenvalue weighted by Gasteiger charge is 2.21. The molecule has 31 heavy (non-hydrogen) atoms. The molecule has 3 aromatic rings. The molecular formula is C24H27N3O4. The Balaban J connectivity index is 1.46. The molecule has 4 rings (SSSR count). The van der Waals surface area contributed by atoms with Crippen LogP contribution in [0, 0.1) is 0 Å². The van der Waals surface area contributed by atoms with E-state index in [0.717, 1.165) is 18.7 Å². The zero-order valence-corrected chi connectivity index (χ0v) is 17.8. The van der Waals surface area contributed by atoms with E-state index in [2.05, 4.69) is 41.4 Å². The summed E-state index contributed by atoms with van der Waals surface area (Å²) < 4.78 is 16.6. The molecule has 0 radical (unpaired) electrons. The second kappa shape index (κ2) is 9.66. The summed E-state index contributed by atoms with van der Waals surface area (Å²) in [6, 6.07) is 17.5. The first-order valence-corrected chi connectivity index (χ1v) is 10.6. The minimum atomic E-state index is -0.263. The highest BCUT2D eigenvalue weighted by atomic mass is 16.6. The summed E-state index contributed by atoms with van der Waals surface area (Å²) in [6.07, 6.45) is 0. The molecule has 162 valence electrons. The van der Waals surface area contributed by atoms with E-state index < -0.39 is 0 Å². The number of carbonyl (C=O) groups is 1. The summed E-state index contributed by atoms with van der Waals surface area (Å²) in [5, 5.41) is 6.98. The molecule has 0 aliphatic carbocycles. The molecule has 0 fully saturated rings. The third-order valence-corrected chi connectivity index (χ3v) is 5.46. The Morgan fingerprint density at radius 3 is 2.52 bits per heavy atom. The molecule has 0 bridgehead atoms. The number of benzene rings is 2. The Morgan fingerprint density at radius 1 is 1.03 bits per heavy atom. The van der Waals surface area contributed by atoms with Gasteiger partial charge in [-0.3, -0.25) is 9.69 Å². The Kier molecular flexibility index (Phi) is 6.52. The van der Waals surface area contributed by atoms with Crippen molar-refractivity contribution in [2.24, 2.45) is 0 Å². The van der Waals surface area contributed by atoms with Gasteiger partial charge in [-0.15, -0.1) is 0 Å². The van der Waals surface area contributed by atoms with Gasteiger partial charge in [-0.25, -0.2) is 0 Å². The van der Waals surface area contributed by atoms with Gasteiger partial charge in [-0.1, -0.05) is 49.3 Å². The highest BCUT2D eigenvalue weighted by molar-refractivity contribution is 5.93. The van der Waals surface area contributed by atoms with E-state index in [1.807, 2.05) is 36.4 Å². The van der Waals surface area contributed by atoms with E-state index in [1.165, 1.54) is 5.56 Å². The van der Waals surface area contributed by atoms with Crippen LogP contribution in [0.5, 0.6) is 11.5 Å². The Bertz CT molecular complexity index is 1010. The van der Waals surface area contributed by atoms with E-state index >= 15 is 0 Å². The third-order valence-electron chi connectivity index (χ3n) is 5.46. The lowest BCUT2D eigenvalue weighted by Gasteiger charge is -2.30. The fraction of sp³-hybridized carbons (Fsp3) is 0.333. The van der Waals surface area contributed by atoms with Gasteiger partial charge in [-0.05, 0) is 36.9 Å². The molecule has 0 spiro atoms. The number of hydrogen-bond acceptors (Lipinski definition) is 6. The molecule has 1 atom stereocenters. The first-order valence-electron chi connectivity index (χ1n) is 10.6. The second-order valence-corrected chi connectivity index (χ2v) is 7.29. The molecule has 1 amide bonds. The summed E-state index contributed by atoms with van der Waals surface area (Å²) in [4.78, 5) is 15.1. The van der Waals surface area contributed by atoms with Gasteiger partial charge in [0.15, 0.2) is 23.0 Å². The van der Waals surface area contributed by atoms with Gasteiger partial charge in [0.05, 0.1) is 6.04 Å². The van der Waals surface area contributed by atoms with E-state index in [9.17, 15) is 4.79 Å². The van der Waals surface area contributed by atoms with Crippen molar-refractivity contribution in [1.82, 2.24) is 15.4 Å². The molecule has 2 heterocycles. The van der Waals surface area contributed by atoms with Crippen molar-refractivity contribution >= 4 is 5.91 Å². The maximum Gasteiger partial charge on any atom is 0.273 e. The first kappa shape index (κ1) is 20.9. The van der Waals surface area contributed by atoms with Crippen LogP contribution in [-0.2, 0) is 0 Å². The number of likely N-dealkylation sites (N-methyl/N-ethyl adjacent to an activating group) is 1. The molecule has 0 saturated carbocycles. The predicted octanol–water partition coefficient (Wildman–Crippen LogP) is 3.93. The van der Waals surface area contributed by atoms with Crippen LogP contribution in [-0.4, -0.2) is 48.8 Å². The number of ether oxygens (including phenoxy) is 2. The van der Waals surface area contributed by atoms with Gasteiger partial charge in [0, 0.05) is 18.2 Å². The van der Waals surface area contributed by atoms with Gasteiger partial charge in [0.25, 0.3) is 5.91 Å². The van der Waals surface area contributed by atoms with Crippen LogP contribution < -0.4 is 14.8 Å². The van der Waals surface area contributed by atoms with Crippen LogP contribution in [0.25, 0.3) is 11.3 Å². The van der Waals surface area contributed by atoms with Crippen molar-refractivity contribution in [3.8, 4) is 22.8 Å². The van der Waals surface area contributed by atoms with Gasteiger partial charge in [0.1, 0.15) is 13.2 Å². The number of amides is 1. The van der Waals surface area contributed by atoms with Gasteiger partial charge >= 0.3 is 0 Å². The number of nitrogens with one attached hydrogen (secondary N) is 1. The van der Waals surface area contributed by atoms with Crippen LogP contribution in [0.15, 0.2) is 59.1 Å². The monoisotopic (exact) mass is 421 g/mol. The zero-order valence-electron chi connectivity index (χ0n) is 17.8.